The summed E-state index contributed by atoms with van der Waals surface area (Å²) in [6, 6.07) is 8.38. The Morgan fingerprint density at radius 1 is 1.15 bits per heavy atom. The van der Waals surface area contributed by atoms with Crippen molar-refractivity contribution in [2.45, 2.75) is 101 Å². The second-order valence-corrected chi connectivity index (χ2v) is 13.6. The molecule has 1 aromatic carbocycles. The van der Waals surface area contributed by atoms with Crippen LogP contribution in [0.1, 0.15) is 71.6 Å². The number of aliphatic hydroxyl groups is 2. The van der Waals surface area contributed by atoms with E-state index in [-0.39, 0.29) is 17.8 Å². The number of aromatic nitrogens is 1. The number of rotatable bonds is 2. The van der Waals surface area contributed by atoms with Gasteiger partial charge in [0, 0.05) is 39.4 Å². The summed E-state index contributed by atoms with van der Waals surface area (Å²) in [4.78, 5) is 29.9. The van der Waals surface area contributed by atoms with Gasteiger partial charge in [0.2, 0.25) is 0 Å². The first-order valence-electron chi connectivity index (χ1n) is 14.1. The van der Waals surface area contributed by atoms with Crippen molar-refractivity contribution in [2.24, 2.45) is 11.3 Å². The number of carbonyl (C=O) groups excluding carboxylic acids is 2. The summed E-state index contributed by atoms with van der Waals surface area (Å²) in [5.74, 6) is -2.11. The Labute approximate surface area is 227 Å². The highest BCUT2D eigenvalue weighted by Crippen LogP contribution is 2.71. The molecule has 208 valence electrons. The van der Waals surface area contributed by atoms with Crippen molar-refractivity contribution in [3.8, 4) is 0 Å². The molecule has 1 spiro atoms. The lowest BCUT2D eigenvalue weighted by Gasteiger charge is -2.67. The van der Waals surface area contributed by atoms with E-state index in [9.17, 15) is 19.8 Å². The third kappa shape index (κ3) is 2.93. The lowest BCUT2D eigenvalue weighted by molar-refractivity contribution is -0.351. The number of esters is 1. The largest absolute Gasteiger partial charge is 0.451 e. The molecule has 1 aromatic heterocycles. The zero-order chi connectivity index (χ0) is 27.8. The van der Waals surface area contributed by atoms with Crippen molar-refractivity contribution in [1.29, 1.82) is 0 Å². The van der Waals surface area contributed by atoms with Crippen LogP contribution in [0.15, 0.2) is 35.9 Å². The van der Waals surface area contributed by atoms with Gasteiger partial charge >= 0.3 is 5.97 Å². The van der Waals surface area contributed by atoms with Gasteiger partial charge in [-0.3, -0.25) is 4.79 Å². The first-order chi connectivity index (χ1) is 18.2. The quantitative estimate of drug-likeness (QED) is 0.503. The van der Waals surface area contributed by atoms with E-state index in [1.54, 1.807) is 6.92 Å². The minimum Gasteiger partial charge on any atom is -0.451 e. The van der Waals surface area contributed by atoms with Gasteiger partial charge in [0.05, 0.1) is 12.2 Å². The molecule has 3 aliphatic carbocycles. The van der Waals surface area contributed by atoms with Gasteiger partial charge in [-0.15, -0.1) is 0 Å². The van der Waals surface area contributed by atoms with Crippen LogP contribution in [0, 0.1) is 11.3 Å². The summed E-state index contributed by atoms with van der Waals surface area (Å²) in [5.41, 5.74) is -1.24. The average Bonchev–Trinajstić information content (AvgIpc) is 3.39. The molecule has 5 aliphatic rings. The Kier molecular flexibility index (Phi) is 4.83. The van der Waals surface area contributed by atoms with E-state index < -0.39 is 40.1 Å². The highest BCUT2D eigenvalue weighted by molar-refractivity contribution is 5.97. The van der Waals surface area contributed by atoms with Gasteiger partial charge in [0.1, 0.15) is 0 Å². The van der Waals surface area contributed by atoms with Gasteiger partial charge in [0.25, 0.3) is 0 Å². The van der Waals surface area contributed by atoms with Crippen molar-refractivity contribution >= 4 is 22.7 Å². The number of hydrogen-bond acceptors (Lipinski definition) is 7. The highest BCUT2D eigenvalue weighted by Gasteiger charge is 2.74. The van der Waals surface area contributed by atoms with Crippen LogP contribution in [-0.2, 0) is 35.6 Å². The van der Waals surface area contributed by atoms with E-state index in [2.05, 4.69) is 37.0 Å². The lowest BCUT2D eigenvalue weighted by atomic mass is 9.42. The smallest absolute Gasteiger partial charge is 0.338 e. The molecule has 2 aliphatic heterocycles. The molecule has 3 fully saturated rings. The van der Waals surface area contributed by atoms with Crippen molar-refractivity contribution < 1.29 is 34.0 Å². The van der Waals surface area contributed by atoms with Crippen LogP contribution >= 0.6 is 0 Å². The third-order valence-corrected chi connectivity index (χ3v) is 11.1. The van der Waals surface area contributed by atoms with E-state index in [0.717, 1.165) is 18.4 Å². The molecular weight excluding hydrogens is 498 g/mol. The van der Waals surface area contributed by atoms with Gasteiger partial charge in [-0.05, 0) is 70.1 Å². The van der Waals surface area contributed by atoms with Gasteiger partial charge < -0.3 is 29.4 Å². The predicted octanol–water partition coefficient (Wildman–Crippen LogP) is 3.62. The first kappa shape index (κ1) is 25.4. The maximum absolute atomic E-state index is 13.6. The molecular formula is C31H37NO7. The molecule has 3 heterocycles. The summed E-state index contributed by atoms with van der Waals surface area (Å²) in [5, 5.41) is 24.1. The number of para-hydroxylation sites is 1. The molecule has 39 heavy (non-hydrogen) atoms. The van der Waals surface area contributed by atoms with Crippen molar-refractivity contribution in [3.63, 3.8) is 0 Å². The molecule has 8 heteroatoms. The van der Waals surface area contributed by atoms with Crippen molar-refractivity contribution in [2.75, 3.05) is 6.61 Å². The van der Waals surface area contributed by atoms with E-state index >= 15 is 0 Å². The molecule has 2 aromatic rings. The standard InChI is InChI=1S/C31H37NO7/c1-26(2,35)25(34)39-27(3)16-37-31-13-12-28(4)29(5)17(14-19-18-8-6-7-9-20(18)32-23(19)29)10-11-30(28,36)22(31)15-21(33)24(27)38-31/h6-9,15,17,24,32,35-36H,10-14,16H2,1-5H3/t17-,24+,27+,28-,29-,30-,31+/m0/s1. The fourth-order valence-electron chi connectivity index (χ4n) is 8.66. The predicted molar refractivity (Wildman–Crippen MR) is 142 cm³/mol. The molecule has 2 saturated carbocycles. The Bertz CT molecular complexity index is 1470. The number of fused-ring (bicyclic) bond motifs is 9. The molecule has 7 atom stereocenters. The first-order valence-corrected chi connectivity index (χ1v) is 14.1. The number of benzene rings is 1. The average molecular weight is 536 g/mol. The van der Waals surface area contributed by atoms with Crippen LogP contribution in [-0.4, -0.2) is 62.3 Å². The number of ketones is 1. The topological polar surface area (TPSA) is 118 Å². The molecule has 2 bridgehead atoms. The van der Waals surface area contributed by atoms with Gasteiger partial charge in [-0.1, -0.05) is 32.0 Å². The second-order valence-electron chi connectivity index (χ2n) is 13.6. The number of aromatic amines is 1. The Balaban J connectivity index is 1.31. The van der Waals surface area contributed by atoms with Crippen LogP contribution in [0.2, 0.25) is 0 Å². The lowest BCUT2D eigenvalue weighted by Crippen LogP contribution is -2.74. The Morgan fingerprint density at radius 3 is 2.64 bits per heavy atom. The molecule has 1 saturated heterocycles. The zero-order valence-electron chi connectivity index (χ0n) is 23.2. The van der Waals surface area contributed by atoms with E-state index in [1.165, 1.54) is 36.6 Å². The SMILES string of the molecule is CC(C)(O)C(=O)O[C@]1(C)CO[C@@]23CC[C@]4(C)[C@](O)(CC[C@H]5Cc6c([nH]c7ccccc67)[C@]54C)C2=CC(=O)[C@H]1O3. The molecule has 0 amide bonds. The molecule has 7 rings (SSSR count). The Hall–Kier alpha value is -2.52. The van der Waals surface area contributed by atoms with Crippen molar-refractivity contribution in [3.05, 3.63) is 47.2 Å². The number of ether oxygens (including phenoxy) is 3. The summed E-state index contributed by atoms with van der Waals surface area (Å²) in [7, 11) is 0. The third-order valence-electron chi connectivity index (χ3n) is 11.1. The fraction of sp³-hybridized carbons (Fsp3) is 0.613. The summed E-state index contributed by atoms with van der Waals surface area (Å²) >= 11 is 0. The monoisotopic (exact) mass is 535 g/mol. The molecule has 8 nitrogen and oxygen atoms in total. The van der Waals surface area contributed by atoms with E-state index in [4.69, 9.17) is 14.2 Å². The fourth-order valence-corrected chi connectivity index (χ4v) is 8.66. The normalized spacial score (nSPS) is 42.7. The zero-order valence-corrected chi connectivity index (χ0v) is 23.2. The van der Waals surface area contributed by atoms with Crippen LogP contribution < -0.4 is 0 Å². The Morgan fingerprint density at radius 2 is 1.90 bits per heavy atom. The minimum atomic E-state index is -1.73. The maximum atomic E-state index is 13.6. The van der Waals surface area contributed by atoms with Crippen LogP contribution in [0.25, 0.3) is 10.9 Å². The molecule has 0 unspecified atom stereocenters. The number of nitrogens with one attached hydrogen (secondary N) is 1. The van der Waals surface area contributed by atoms with Crippen molar-refractivity contribution in [1.82, 2.24) is 4.98 Å². The minimum absolute atomic E-state index is 0.0819. The van der Waals surface area contributed by atoms with Gasteiger partial charge in [-0.2, -0.15) is 0 Å². The summed E-state index contributed by atoms with van der Waals surface area (Å²) < 4.78 is 18.4. The van der Waals surface area contributed by atoms with Crippen LogP contribution in [0.4, 0.5) is 0 Å². The second kappa shape index (κ2) is 7.40. The van der Waals surface area contributed by atoms with Gasteiger partial charge in [0.15, 0.2) is 28.9 Å². The van der Waals surface area contributed by atoms with E-state index in [1.807, 2.05) is 6.07 Å². The summed E-state index contributed by atoms with van der Waals surface area (Å²) in [6.07, 6.45) is 3.79. The van der Waals surface area contributed by atoms with Crippen LogP contribution in [0.5, 0.6) is 0 Å². The number of carbonyl (C=O) groups is 2. The molecule has 3 N–H and O–H groups in total. The van der Waals surface area contributed by atoms with Crippen LogP contribution in [0.3, 0.4) is 0 Å². The summed E-state index contributed by atoms with van der Waals surface area (Å²) in [6.45, 7) is 8.63. The number of H-pyrrole nitrogens is 1. The van der Waals surface area contributed by atoms with Gasteiger partial charge in [-0.25, -0.2) is 4.79 Å². The maximum Gasteiger partial charge on any atom is 0.338 e. The van der Waals surface area contributed by atoms with E-state index in [0.29, 0.717) is 30.8 Å². The highest BCUT2D eigenvalue weighted by atomic mass is 16.7. The number of hydrogen-bond donors (Lipinski definition) is 3. The molecule has 0 radical (unpaired) electrons.